The second kappa shape index (κ2) is 6.06. The van der Waals surface area contributed by atoms with Gasteiger partial charge in [-0.15, -0.1) is 0 Å². The molecule has 112 valence electrons. The number of carboxylic acids is 1. The molecule has 0 aliphatic rings. The maximum Gasteiger partial charge on any atom is 0.307 e. The third kappa shape index (κ3) is 3.67. The van der Waals surface area contributed by atoms with Crippen molar-refractivity contribution in [2.45, 2.75) is 17.9 Å². The van der Waals surface area contributed by atoms with Gasteiger partial charge in [0.05, 0.1) is 17.5 Å². The smallest absolute Gasteiger partial charge is 0.307 e. The number of hydrogen-bond donors (Lipinski definition) is 2. The number of H-pyrrole nitrogens is 1. The summed E-state index contributed by atoms with van der Waals surface area (Å²) < 4.78 is 26.0. The first-order chi connectivity index (χ1) is 9.89. The van der Waals surface area contributed by atoms with E-state index in [-0.39, 0.29) is 17.9 Å². The molecular weight excluding hydrogens is 294 g/mol. The Hall–Kier alpha value is -2.19. The summed E-state index contributed by atoms with van der Waals surface area (Å²) in [5, 5.41) is 15.1. The van der Waals surface area contributed by atoms with E-state index in [1.165, 1.54) is 35.6 Å². The number of aliphatic carboxylic acids is 1. The summed E-state index contributed by atoms with van der Waals surface area (Å²) >= 11 is 0. The van der Waals surface area contributed by atoms with Crippen LogP contribution in [0.25, 0.3) is 0 Å². The van der Waals surface area contributed by atoms with E-state index in [9.17, 15) is 13.2 Å². The Morgan fingerprint density at radius 3 is 2.48 bits per heavy atom. The third-order valence-electron chi connectivity index (χ3n) is 2.95. The van der Waals surface area contributed by atoms with Crippen LogP contribution in [0.3, 0.4) is 0 Å². The molecule has 0 aliphatic heterocycles. The van der Waals surface area contributed by atoms with Crippen LogP contribution < -0.4 is 0 Å². The van der Waals surface area contributed by atoms with E-state index in [1.54, 1.807) is 12.4 Å². The van der Waals surface area contributed by atoms with E-state index in [2.05, 4.69) is 10.2 Å². The van der Waals surface area contributed by atoms with Crippen LogP contribution in [-0.2, 0) is 27.8 Å². The van der Waals surface area contributed by atoms with Crippen LogP contribution in [-0.4, -0.2) is 41.0 Å². The molecule has 0 saturated carbocycles. The fourth-order valence-corrected chi connectivity index (χ4v) is 3.00. The van der Waals surface area contributed by atoms with Crippen molar-refractivity contribution in [2.75, 3.05) is 7.05 Å². The topological polar surface area (TPSA) is 103 Å². The quantitative estimate of drug-likeness (QED) is 0.823. The van der Waals surface area contributed by atoms with E-state index in [0.29, 0.717) is 5.56 Å². The molecule has 0 unspecified atom stereocenters. The number of aromatic nitrogens is 2. The zero-order valence-corrected chi connectivity index (χ0v) is 12.2. The molecular formula is C13H15N3O4S. The number of carboxylic acid groups (broad SMARTS) is 1. The lowest BCUT2D eigenvalue weighted by atomic mass is 10.2. The van der Waals surface area contributed by atoms with Gasteiger partial charge >= 0.3 is 5.97 Å². The minimum atomic E-state index is -3.62. The highest BCUT2D eigenvalue weighted by atomic mass is 32.2. The number of aromatic amines is 1. The highest BCUT2D eigenvalue weighted by Gasteiger charge is 2.21. The predicted octanol–water partition coefficient (Wildman–Crippen LogP) is 0.857. The van der Waals surface area contributed by atoms with Crippen molar-refractivity contribution in [3.05, 3.63) is 47.8 Å². The van der Waals surface area contributed by atoms with Crippen molar-refractivity contribution in [1.82, 2.24) is 14.5 Å². The third-order valence-corrected chi connectivity index (χ3v) is 4.76. The summed E-state index contributed by atoms with van der Waals surface area (Å²) in [6, 6.07) is 5.85. The molecule has 21 heavy (non-hydrogen) atoms. The molecule has 0 atom stereocenters. The molecule has 8 heteroatoms. The predicted molar refractivity (Wildman–Crippen MR) is 75.0 cm³/mol. The van der Waals surface area contributed by atoms with Crippen molar-refractivity contribution in [3.63, 3.8) is 0 Å². The second-order valence-corrected chi connectivity index (χ2v) is 6.63. The number of hydrogen-bond acceptors (Lipinski definition) is 4. The van der Waals surface area contributed by atoms with Crippen molar-refractivity contribution < 1.29 is 18.3 Å². The van der Waals surface area contributed by atoms with Gasteiger partial charge in [-0.1, -0.05) is 12.1 Å². The van der Waals surface area contributed by atoms with E-state index in [1.807, 2.05) is 0 Å². The largest absolute Gasteiger partial charge is 0.481 e. The molecule has 2 rings (SSSR count). The summed E-state index contributed by atoms with van der Waals surface area (Å²) in [6.45, 7) is 0.204. The lowest BCUT2D eigenvalue weighted by Crippen LogP contribution is -2.26. The van der Waals surface area contributed by atoms with Gasteiger partial charge in [-0.05, 0) is 17.7 Å². The minimum Gasteiger partial charge on any atom is -0.481 e. The molecule has 0 fully saturated rings. The van der Waals surface area contributed by atoms with Gasteiger partial charge < -0.3 is 5.11 Å². The number of sulfonamides is 1. The fraction of sp³-hybridized carbons (Fsp3) is 0.231. The minimum absolute atomic E-state index is 0.127. The molecule has 1 heterocycles. The Morgan fingerprint density at radius 1 is 1.29 bits per heavy atom. The monoisotopic (exact) mass is 309 g/mol. The number of benzene rings is 1. The Kier molecular flexibility index (Phi) is 4.39. The van der Waals surface area contributed by atoms with Gasteiger partial charge in [0, 0.05) is 25.4 Å². The lowest BCUT2D eigenvalue weighted by molar-refractivity contribution is -0.136. The van der Waals surface area contributed by atoms with Crippen molar-refractivity contribution >= 4 is 16.0 Å². The Morgan fingerprint density at radius 2 is 1.95 bits per heavy atom. The molecule has 1 aromatic heterocycles. The number of nitrogens with one attached hydrogen (secondary N) is 1. The van der Waals surface area contributed by atoms with Crippen LogP contribution in [0.1, 0.15) is 11.1 Å². The van der Waals surface area contributed by atoms with E-state index in [4.69, 9.17) is 5.11 Å². The molecule has 0 aliphatic carbocycles. The zero-order chi connectivity index (χ0) is 15.5. The van der Waals surface area contributed by atoms with Gasteiger partial charge in [-0.3, -0.25) is 9.89 Å². The Bertz CT molecular complexity index is 708. The van der Waals surface area contributed by atoms with Crippen molar-refractivity contribution in [3.8, 4) is 0 Å². The van der Waals surface area contributed by atoms with Gasteiger partial charge in [0.25, 0.3) is 0 Å². The van der Waals surface area contributed by atoms with Gasteiger partial charge in [0.2, 0.25) is 10.0 Å². The second-order valence-electron chi connectivity index (χ2n) is 4.58. The molecule has 0 saturated heterocycles. The standard InChI is InChI=1S/C13H15N3O4S/c1-16(9-11-7-14-15-8-11)21(19,20)12-4-2-10(3-5-12)6-13(17)18/h2-5,7-8H,6,9H2,1H3,(H,14,15)(H,17,18). The van der Waals surface area contributed by atoms with Crippen LogP contribution >= 0.6 is 0 Å². The molecule has 7 nitrogen and oxygen atoms in total. The van der Waals surface area contributed by atoms with E-state index >= 15 is 0 Å². The summed E-state index contributed by atoms with van der Waals surface area (Å²) in [5.41, 5.74) is 1.31. The maximum absolute atomic E-state index is 12.4. The van der Waals surface area contributed by atoms with Gasteiger partial charge in [0.1, 0.15) is 0 Å². The maximum atomic E-state index is 12.4. The lowest BCUT2D eigenvalue weighted by Gasteiger charge is -2.16. The number of nitrogens with zero attached hydrogens (tertiary/aromatic N) is 2. The average molecular weight is 309 g/mol. The van der Waals surface area contributed by atoms with E-state index in [0.717, 1.165) is 5.56 Å². The summed E-state index contributed by atoms with van der Waals surface area (Å²) in [7, 11) is -2.14. The Balaban J connectivity index is 2.16. The highest BCUT2D eigenvalue weighted by molar-refractivity contribution is 7.89. The summed E-state index contributed by atoms with van der Waals surface area (Å²) in [5.74, 6) is -0.956. The van der Waals surface area contributed by atoms with Crippen LogP contribution in [0.4, 0.5) is 0 Å². The van der Waals surface area contributed by atoms with Crippen LogP contribution in [0.2, 0.25) is 0 Å². The van der Waals surface area contributed by atoms with Crippen LogP contribution in [0.15, 0.2) is 41.6 Å². The number of rotatable bonds is 6. The first-order valence-electron chi connectivity index (χ1n) is 6.14. The highest BCUT2D eigenvalue weighted by Crippen LogP contribution is 2.17. The molecule has 0 spiro atoms. The molecule has 0 radical (unpaired) electrons. The zero-order valence-electron chi connectivity index (χ0n) is 11.4. The average Bonchev–Trinajstić information content (AvgIpc) is 2.91. The van der Waals surface area contributed by atoms with Crippen molar-refractivity contribution in [1.29, 1.82) is 0 Å². The van der Waals surface area contributed by atoms with Gasteiger partial charge in [0.15, 0.2) is 0 Å². The van der Waals surface area contributed by atoms with Gasteiger partial charge in [-0.2, -0.15) is 9.40 Å². The van der Waals surface area contributed by atoms with Crippen LogP contribution in [0.5, 0.6) is 0 Å². The summed E-state index contributed by atoms with van der Waals surface area (Å²) in [4.78, 5) is 10.7. The SMILES string of the molecule is CN(Cc1cn[nH]c1)S(=O)(=O)c1ccc(CC(=O)O)cc1. The van der Waals surface area contributed by atoms with Crippen LogP contribution in [0, 0.1) is 0 Å². The molecule has 0 bridgehead atoms. The fourth-order valence-electron chi connectivity index (χ4n) is 1.84. The summed E-state index contributed by atoms with van der Waals surface area (Å²) in [6.07, 6.45) is 3.05. The van der Waals surface area contributed by atoms with E-state index < -0.39 is 16.0 Å². The first kappa shape index (κ1) is 15.2. The Labute approximate surface area is 122 Å². The normalized spacial score (nSPS) is 11.7. The molecule has 2 aromatic rings. The number of carbonyl (C=O) groups is 1. The molecule has 2 N–H and O–H groups in total. The molecule has 1 aromatic carbocycles. The van der Waals surface area contributed by atoms with Crippen molar-refractivity contribution in [2.24, 2.45) is 0 Å². The molecule has 0 amide bonds. The first-order valence-corrected chi connectivity index (χ1v) is 7.58. The van der Waals surface area contributed by atoms with Gasteiger partial charge in [-0.25, -0.2) is 8.42 Å².